The van der Waals surface area contributed by atoms with Crippen molar-refractivity contribution in [3.05, 3.63) is 35.6 Å². The van der Waals surface area contributed by atoms with Crippen LogP contribution in [0, 0.1) is 6.92 Å². The van der Waals surface area contributed by atoms with E-state index in [9.17, 15) is 4.79 Å². The highest BCUT2D eigenvalue weighted by Gasteiger charge is 2.05. The predicted octanol–water partition coefficient (Wildman–Crippen LogP) is 2.48. The third-order valence-electron chi connectivity index (χ3n) is 2.18. The molecule has 2 rings (SSSR count). The van der Waals surface area contributed by atoms with Crippen LogP contribution in [0.4, 0.5) is 0 Å². The summed E-state index contributed by atoms with van der Waals surface area (Å²) in [5.41, 5.74) is 2.91. The summed E-state index contributed by atoms with van der Waals surface area (Å²) in [6.45, 7) is 2.00. The van der Waals surface area contributed by atoms with Crippen molar-refractivity contribution in [1.82, 2.24) is 0 Å². The maximum atomic E-state index is 10.4. The Morgan fingerprint density at radius 1 is 1.46 bits per heavy atom. The number of carbonyl (C=O) groups is 1. The highest BCUT2D eigenvalue weighted by molar-refractivity contribution is 5.85. The van der Waals surface area contributed by atoms with Gasteiger partial charge in [0.2, 0.25) is 0 Å². The lowest BCUT2D eigenvalue weighted by molar-refractivity contribution is -0.107. The number of furan rings is 1. The molecule has 0 aliphatic heterocycles. The van der Waals surface area contributed by atoms with Gasteiger partial charge < -0.3 is 9.21 Å². The average Bonchev–Trinajstić information content (AvgIpc) is 2.50. The van der Waals surface area contributed by atoms with Crippen LogP contribution >= 0.6 is 0 Å². The number of aldehydes is 1. The number of aryl methyl sites for hydroxylation is 1. The molecule has 2 heteroatoms. The van der Waals surface area contributed by atoms with Crippen LogP contribution in [0.5, 0.6) is 0 Å². The molecule has 0 bridgehead atoms. The van der Waals surface area contributed by atoms with Crippen LogP contribution in [-0.2, 0) is 11.2 Å². The quantitative estimate of drug-likeness (QED) is 0.655. The molecule has 0 unspecified atom stereocenters. The van der Waals surface area contributed by atoms with Crippen LogP contribution in [0.15, 0.2) is 28.9 Å². The summed E-state index contributed by atoms with van der Waals surface area (Å²) in [6, 6.07) is 5.87. The van der Waals surface area contributed by atoms with E-state index < -0.39 is 0 Å². The number of benzene rings is 1. The first-order valence-electron chi connectivity index (χ1n) is 4.22. The van der Waals surface area contributed by atoms with Gasteiger partial charge in [0, 0.05) is 17.4 Å². The predicted molar refractivity (Wildman–Crippen MR) is 50.7 cm³/mol. The number of para-hydroxylation sites is 1. The van der Waals surface area contributed by atoms with E-state index in [4.69, 9.17) is 4.42 Å². The summed E-state index contributed by atoms with van der Waals surface area (Å²) < 4.78 is 5.37. The van der Waals surface area contributed by atoms with Crippen LogP contribution in [0.2, 0.25) is 0 Å². The molecule has 0 N–H and O–H groups in total. The Morgan fingerprint density at radius 3 is 3.08 bits per heavy atom. The average molecular weight is 174 g/mol. The lowest BCUT2D eigenvalue weighted by atomic mass is 10.1. The molecule has 13 heavy (non-hydrogen) atoms. The molecule has 0 aliphatic carbocycles. The van der Waals surface area contributed by atoms with Gasteiger partial charge in [0.1, 0.15) is 11.9 Å². The summed E-state index contributed by atoms with van der Waals surface area (Å²) in [5, 5.41) is 1.10. The number of carbonyl (C=O) groups excluding carboxylic acids is 1. The van der Waals surface area contributed by atoms with Gasteiger partial charge in [0.25, 0.3) is 0 Å². The maximum absolute atomic E-state index is 10.4. The molecule has 2 nitrogen and oxygen atoms in total. The summed E-state index contributed by atoms with van der Waals surface area (Å²) in [4.78, 5) is 10.4. The fourth-order valence-corrected chi connectivity index (χ4v) is 1.50. The van der Waals surface area contributed by atoms with Gasteiger partial charge in [-0.3, -0.25) is 0 Å². The first-order chi connectivity index (χ1) is 6.33. The highest BCUT2D eigenvalue weighted by atomic mass is 16.3. The van der Waals surface area contributed by atoms with Gasteiger partial charge in [0.15, 0.2) is 0 Å². The van der Waals surface area contributed by atoms with E-state index in [1.165, 1.54) is 0 Å². The fraction of sp³-hybridized carbons (Fsp3) is 0.182. The fourth-order valence-electron chi connectivity index (χ4n) is 1.50. The Kier molecular flexibility index (Phi) is 1.89. The van der Waals surface area contributed by atoms with E-state index in [0.717, 1.165) is 28.4 Å². The zero-order valence-electron chi connectivity index (χ0n) is 7.41. The highest BCUT2D eigenvalue weighted by Crippen LogP contribution is 2.23. The monoisotopic (exact) mass is 174 g/mol. The molecule has 0 saturated heterocycles. The van der Waals surface area contributed by atoms with Crippen LogP contribution in [-0.4, -0.2) is 6.29 Å². The Hall–Kier alpha value is -1.57. The Balaban J connectivity index is 2.69. The topological polar surface area (TPSA) is 30.2 Å². The molecule has 0 atom stereocenters. The first-order valence-corrected chi connectivity index (χ1v) is 4.22. The van der Waals surface area contributed by atoms with Crippen molar-refractivity contribution in [3.8, 4) is 0 Å². The molecule has 0 spiro atoms. The van der Waals surface area contributed by atoms with Crippen molar-refractivity contribution in [3.63, 3.8) is 0 Å². The van der Waals surface area contributed by atoms with Gasteiger partial charge >= 0.3 is 0 Å². The Bertz CT molecular complexity index is 440. The largest absolute Gasteiger partial charge is 0.464 e. The molecular formula is C11H10O2. The van der Waals surface area contributed by atoms with E-state index in [-0.39, 0.29) is 0 Å². The molecular weight excluding hydrogens is 164 g/mol. The second kappa shape index (κ2) is 3.05. The van der Waals surface area contributed by atoms with Gasteiger partial charge in [-0.2, -0.15) is 0 Å². The Morgan fingerprint density at radius 2 is 2.31 bits per heavy atom. The first kappa shape index (κ1) is 8.05. The number of hydrogen-bond acceptors (Lipinski definition) is 2. The SMILES string of the molecule is Cc1coc2c(CC=O)cccc12. The smallest absolute Gasteiger partial charge is 0.137 e. The minimum atomic E-state index is 0.421. The minimum absolute atomic E-state index is 0.421. The van der Waals surface area contributed by atoms with E-state index in [0.29, 0.717) is 6.42 Å². The van der Waals surface area contributed by atoms with Gasteiger partial charge in [-0.15, -0.1) is 0 Å². The maximum Gasteiger partial charge on any atom is 0.137 e. The number of rotatable bonds is 2. The normalized spacial score (nSPS) is 10.5. The summed E-state index contributed by atoms with van der Waals surface area (Å²) in [6.07, 6.45) is 3.04. The second-order valence-electron chi connectivity index (χ2n) is 3.08. The molecule has 0 aliphatic rings. The summed E-state index contributed by atoms with van der Waals surface area (Å²) >= 11 is 0. The van der Waals surface area contributed by atoms with Crippen molar-refractivity contribution in [2.24, 2.45) is 0 Å². The second-order valence-corrected chi connectivity index (χ2v) is 3.08. The molecule has 1 heterocycles. The van der Waals surface area contributed by atoms with Crippen molar-refractivity contribution >= 4 is 17.3 Å². The van der Waals surface area contributed by atoms with Crippen molar-refractivity contribution < 1.29 is 9.21 Å². The Labute approximate surface area is 76.2 Å². The molecule has 66 valence electrons. The van der Waals surface area contributed by atoms with Crippen molar-refractivity contribution in [1.29, 1.82) is 0 Å². The molecule has 2 aromatic rings. The molecule has 0 saturated carbocycles. The minimum Gasteiger partial charge on any atom is -0.464 e. The van der Waals surface area contributed by atoms with Gasteiger partial charge in [-0.05, 0) is 12.5 Å². The third-order valence-corrected chi connectivity index (χ3v) is 2.18. The van der Waals surface area contributed by atoms with Crippen LogP contribution in [0.1, 0.15) is 11.1 Å². The third kappa shape index (κ3) is 1.24. The van der Waals surface area contributed by atoms with Crippen LogP contribution in [0.3, 0.4) is 0 Å². The van der Waals surface area contributed by atoms with Crippen molar-refractivity contribution in [2.75, 3.05) is 0 Å². The molecule has 0 fully saturated rings. The van der Waals surface area contributed by atoms with Crippen LogP contribution < -0.4 is 0 Å². The summed E-state index contributed by atoms with van der Waals surface area (Å²) in [5.74, 6) is 0. The van der Waals surface area contributed by atoms with Crippen LogP contribution in [0.25, 0.3) is 11.0 Å². The standard InChI is InChI=1S/C11H10O2/c1-8-7-13-11-9(5-6-12)3-2-4-10(8)11/h2-4,6-7H,5H2,1H3. The zero-order chi connectivity index (χ0) is 9.26. The number of fused-ring (bicyclic) bond motifs is 1. The molecule has 0 amide bonds. The lowest BCUT2D eigenvalue weighted by Crippen LogP contribution is -1.85. The van der Waals surface area contributed by atoms with Gasteiger partial charge in [-0.1, -0.05) is 18.2 Å². The van der Waals surface area contributed by atoms with E-state index in [2.05, 4.69) is 0 Å². The molecule has 1 aromatic heterocycles. The zero-order valence-corrected chi connectivity index (χ0v) is 7.41. The van der Waals surface area contributed by atoms with E-state index in [1.807, 2.05) is 25.1 Å². The number of hydrogen-bond donors (Lipinski definition) is 0. The van der Waals surface area contributed by atoms with E-state index >= 15 is 0 Å². The van der Waals surface area contributed by atoms with Gasteiger partial charge in [-0.25, -0.2) is 0 Å². The van der Waals surface area contributed by atoms with Gasteiger partial charge in [0.05, 0.1) is 6.26 Å². The molecule has 0 radical (unpaired) electrons. The van der Waals surface area contributed by atoms with E-state index in [1.54, 1.807) is 6.26 Å². The lowest BCUT2D eigenvalue weighted by Gasteiger charge is -1.95. The summed E-state index contributed by atoms with van der Waals surface area (Å²) in [7, 11) is 0. The molecule has 1 aromatic carbocycles. The van der Waals surface area contributed by atoms with Crippen molar-refractivity contribution in [2.45, 2.75) is 13.3 Å².